The van der Waals surface area contributed by atoms with Crippen LogP contribution in [0.15, 0.2) is 35.4 Å². The number of nitrogens with zero attached hydrogens (tertiary/aromatic N) is 7. The number of aromatic nitrogens is 5. The maximum atomic E-state index is 13.2. The van der Waals surface area contributed by atoms with Crippen LogP contribution in [0.3, 0.4) is 0 Å². The first-order chi connectivity index (χ1) is 15.0. The second-order valence-corrected chi connectivity index (χ2v) is 6.89. The molecule has 0 bridgehead atoms. The van der Waals surface area contributed by atoms with E-state index in [0.717, 1.165) is 0 Å². The van der Waals surface area contributed by atoms with Gasteiger partial charge in [-0.05, 0) is 31.2 Å². The molecule has 1 aliphatic rings. The van der Waals surface area contributed by atoms with Crippen LogP contribution in [0.2, 0.25) is 0 Å². The molecule has 11 nitrogen and oxygen atoms in total. The maximum Gasteiger partial charge on any atom is 0.409 e. The highest BCUT2D eigenvalue weighted by molar-refractivity contribution is 5.77. The number of hydrogen-bond donors (Lipinski definition) is 0. The third-order valence-electron chi connectivity index (χ3n) is 4.96. The predicted molar refractivity (Wildman–Crippen MR) is 106 cm³/mol. The van der Waals surface area contributed by atoms with Crippen molar-refractivity contribution in [1.82, 2.24) is 34.3 Å². The highest BCUT2D eigenvalue weighted by Crippen LogP contribution is 2.12. The molecule has 12 heteroatoms. The summed E-state index contributed by atoms with van der Waals surface area (Å²) in [6, 6.07) is 5.53. The summed E-state index contributed by atoms with van der Waals surface area (Å²) in [7, 11) is 0. The Balaban J connectivity index is 1.47. The summed E-state index contributed by atoms with van der Waals surface area (Å²) in [6.45, 7) is 3.25. The molecule has 2 amide bonds. The Kier molecular flexibility index (Phi) is 5.60. The Morgan fingerprint density at radius 1 is 1.10 bits per heavy atom. The fourth-order valence-corrected chi connectivity index (χ4v) is 3.31. The molecule has 31 heavy (non-hydrogen) atoms. The second-order valence-electron chi connectivity index (χ2n) is 6.89. The van der Waals surface area contributed by atoms with E-state index in [1.807, 2.05) is 0 Å². The van der Waals surface area contributed by atoms with Crippen molar-refractivity contribution in [2.24, 2.45) is 0 Å². The summed E-state index contributed by atoms with van der Waals surface area (Å²) in [5.41, 5.74) is 0.219. The van der Waals surface area contributed by atoms with E-state index in [2.05, 4.69) is 15.3 Å². The van der Waals surface area contributed by atoms with Gasteiger partial charge >= 0.3 is 6.09 Å². The number of ether oxygens (including phenoxy) is 1. The van der Waals surface area contributed by atoms with Gasteiger partial charge in [-0.25, -0.2) is 14.2 Å². The number of benzene rings is 1. The quantitative estimate of drug-likeness (QED) is 0.590. The van der Waals surface area contributed by atoms with Gasteiger partial charge in [0, 0.05) is 26.2 Å². The van der Waals surface area contributed by atoms with Crippen molar-refractivity contribution in [1.29, 1.82) is 0 Å². The lowest BCUT2D eigenvalue weighted by Crippen LogP contribution is -2.51. The van der Waals surface area contributed by atoms with Gasteiger partial charge in [0.25, 0.3) is 5.56 Å². The molecular formula is C19H20FN7O4. The zero-order chi connectivity index (χ0) is 22.0. The molecule has 162 valence electrons. The summed E-state index contributed by atoms with van der Waals surface area (Å²) in [5, 5.41) is 7.81. The number of carbonyl (C=O) groups excluding carboxylic acids is 2. The topological polar surface area (TPSA) is 115 Å². The van der Waals surface area contributed by atoms with E-state index < -0.39 is 17.5 Å². The first kappa shape index (κ1) is 20.4. The molecule has 2 aromatic heterocycles. The summed E-state index contributed by atoms with van der Waals surface area (Å²) in [5.74, 6) is -0.664. The molecule has 0 saturated carbocycles. The molecule has 3 heterocycles. The van der Waals surface area contributed by atoms with E-state index in [0.29, 0.717) is 38.5 Å². The van der Waals surface area contributed by atoms with Gasteiger partial charge in [-0.2, -0.15) is 4.68 Å². The molecule has 0 radical (unpaired) electrons. The third-order valence-corrected chi connectivity index (χ3v) is 4.96. The molecule has 0 aliphatic carbocycles. The molecule has 0 unspecified atom stereocenters. The SMILES string of the molecule is CCOC(=O)N1CCN(C(=O)Cn2cnc3c(nnn3-c3ccc(F)cc3)c2=O)CC1. The van der Waals surface area contributed by atoms with E-state index in [1.165, 1.54) is 39.8 Å². The van der Waals surface area contributed by atoms with Crippen LogP contribution in [0.25, 0.3) is 16.9 Å². The van der Waals surface area contributed by atoms with Crippen molar-refractivity contribution in [3.63, 3.8) is 0 Å². The van der Waals surface area contributed by atoms with Crippen LogP contribution in [0.5, 0.6) is 0 Å². The van der Waals surface area contributed by atoms with Gasteiger partial charge < -0.3 is 14.5 Å². The van der Waals surface area contributed by atoms with Gasteiger partial charge in [0.05, 0.1) is 12.3 Å². The predicted octanol–water partition coefficient (Wildman–Crippen LogP) is 0.417. The minimum atomic E-state index is -0.503. The monoisotopic (exact) mass is 429 g/mol. The summed E-state index contributed by atoms with van der Waals surface area (Å²) >= 11 is 0. The van der Waals surface area contributed by atoms with Crippen LogP contribution in [-0.2, 0) is 16.1 Å². The average Bonchev–Trinajstić information content (AvgIpc) is 3.21. The Morgan fingerprint density at radius 2 is 1.77 bits per heavy atom. The lowest BCUT2D eigenvalue weighted by Gasteiger charge is -2.34. The lowest BCUT2D eigenvalue weighted by atomic mass is 10.3. The van der Waals surface area contributed by atoms with Crippen molar-refractivity contribution in [2.75, 3.05) is 32.8 Å². The largest absolute Gasteiger partial charge is 0.450 e. The smallest absolute Gasteiger partial charge is 0.409 e. The van der Waals surface area contributed by atoms with E-state index in [4.69, 9.17) is 4.74 Å². The molecule has 0 N–H and O–H groups in total. The standard InChI is InChI=1S/C19H20FN7O4/c1-2-31-19(30)25-9-7-24(8-10-25)15(28)11-26-12-21-17-16(18(26)29)22-23-27(17)14-5-3-13(20)4-6-14/h3-6,12H,2,7-11H2,1H3. The van der Waals surface area contributed by atoms with Gasteiger partial charge in [-0.15, -0.1) is 5.10 Å². The van der Waals surface area contributed by atoms with Crippen molar-refractivity contribution < 1.29 is 18.7 Å². The number of carbonyl (C=O) groups is 2. The number of rotatable bonds is 4. The molecule has 1 aliphatic heterocycles. The van der Waals surface area contributed by atoms with E-state index in [-0.39, 0.29) is 23.6 Å². The first-order valence-corrected chi connectivity index (χ1v) is 9.74. The van der Waals surface area contributed by atoms with Crippen LogP contribution < -0.4 is 5.56 Å². The fourth-order valence-electron chi connectivity index (χ4n) is 3.31. The highest BCUT2D eigenvalue weighted by atomic mass is 19.1. The Bertz CT molecular complexity index is 1170. The van der Waals surface area contributed by atoms with Crippen molar-refractivity contribution in [3.8, 4) is 5.69 Å². The summed E-state index contributed by atoms with van der Waals surface area (Å²) < 4.78 is 20.6. The number of amides is 2. The van der Waals surface area contributed by atoms with Gasteiger partial charge in [0.15, 0.2) is 11.2 Å². The van der Waals surface area contributed by atoms with E-state index in [9.17, 15) is 18.8 Å². The zero-order valence-electron chi connectivity index (χ0n) is 16.8. The number of halogens is 1. The van der Waals surface area contributed by atoms with Gasteiger partial charge in [-0.1, -0.05) is 5.21 Å². The molecule has 3 aromatic rings. The molecule has 4 rings (SSSR count). The highest BCUT2D eigenvalue weighted by Gasteiger charge is 2.25. The number of fused-ring (bicyclic) bond motifs is 1. The minimum Gasteiger partial charge on any atom is -0.450 e. The molecule has 0 atom stereocenters. The summed E-state index contributed by atoms with van der Waals surface area (Å²) in [4.78, 5) is 44.5. The van der Waals surface area contributed by atoms with Crippen molar-refractivity contribution >= 4 is 23.2 Å². The molecule has 1 fully saturated rings. The van der Waals surface area contributed by atoms with E-state index in [1.54, 1.807) is 16.7 Å². The Labute approximate surface area is 175 Å². The Hall–Kier alpha value is -3.83. The van der Waals surface area contributed by atoms with Gasteiger partial charge in [0.1, 0.15) is 18.7 Å². The normalized spacial score (nSPS) is 14.1. The molecule has 0 spiro atoms. The summed E-state index contributed by atoms with van der Waals surface area (Å²) in [6.07, 6.45) is 0.866. The van der Waals surface area contributed by atoms with Crippen LogP contribution >= 0.6 is 0 Å². The van der Waals surface area contributed by atoms with Crippen LogP contribution in [0.1, 0.15) is 6.92 Å². The molecule has 1 aromatic carbocycles. The van der Waals surface area contributed by atoms with Gasteiger partial charge in [-0.3, -0.25) is 14.2 Å². The number of hydrogen-bond acceptors (Lipinski definition) is 7. The molecule has 1 saturated heterocycles. The average molecular weight is 429 g/mol. The minimum absolute atomic E-state index is 0.00625. The van der Waals surface area contributed by atoms with E-state index >= 15 is 0 Å². The fraction of sp³-hybridized carbons (Fsp3) is 0.368. The second kappa shape index (κ2) is 8.50. The maximum absolute atomic E-state index is 13.2. The molecular weight excluding hydrogens is 409 g/mol. The van der Waals surface area contributed by atoms with Crippen molar-refractivity contribution in [2.45, 2.75) is 13.5 Å². The lowest BCUT2D eigenvalue weighted by molar-refractivity contribution is -0.133. The third kappa shape index (κ3) is 4.09. The van der Waals surface area contributed by atoms with Crippen LogP contribution in [0, 0.1) is 5.82 Å². The van der Waals surface area contributed by atoms with Crippen molar-refractivity contribution in [3.05, 3.63) is 46.8 Å². The Morgan fingerprint density at radius 3 is 2.45 bits per heavy atom. The number of piperazine rings is 1. The van der Waals surface area contributed by atoms with Gasteiger partial charge in [0.2, 0.25) is 5.91 Å². The first-order valence-electron chi connectivity index (χ1n) is 9.74. The van der Waals surface area contributed by atoms with Crippen LogP contribution in [0.4, 0.5) is 9.18 Å². The zero-order valence-corrected chi connectivity index (χ0v) is 16.8. The van der Waals surface area contributed by atoms with Crippen LogP contribution in [-0.4, -0.2) is 79.1 Å².